The van der Waals surface area contributed by atoms with E-state index in [1.165, 1.54) is 77.0 Å². The van der Waals surface area contributed by atoms with Crippen LogP contribution in [-0.2, 0) is 65.4 Å². The van der Waals surface area contributed by atoms with Crippen LogP contribution in [0, 0.1) is 0 Å². The molecule has 0 radical (unpaired) electrons. The highest BCUT2D eigenvalue weighted by Gasteiger charge is 2.30. The third-order valence-electron chi connectivity index (χ3n) is 16.3. The normalized spacial score (nSPS) is 14.3. The molecule has 3 N–H and O–H groups in total. The van der Waals surface area contributed by atoms with E-state index in [9.17, 15) is 43.2 Å². The number of aliphatic hydroxyl groups is 1. The number of rotatable bonds is 76. The van der Waals surface area contributed by atoms with E-state index in [1.54, 1.807) is 0 Å². The Bertz CT molecular complexity index is 1910. The number of phosphoric ester groups is 2. The van der Waals surface area contributed by atoms with Crippen molar-refractivity contribution in [1.82, 2.24) is 0 Å². The fourth-order valence-electron chi connectivity index (χ4n) is 10.5. The molecule has 0 bridgehead atoms. The van der Waals surface area contributed by atoms with E-state index in [0.717, 1.165) is 218 Å². The molecule has 17 nitrogen and oxygen atoms in total. The van der Waals surface area contributed by atoms with Gasteiger partial charge in [-0.3, -0.25) is 27.7 Å². The smallest absolute Gasteiger partial charge is 0.457 e. The van der Waals surface area contributed by atoms with Gasteiger partial charge in [0.05, 0.1) is 39.6 Å². The van der Waals surface area contributed by atoms with E-state index < -0.39 is 72.3 Å². The molecule has 2 unspecified atom stereocenters. The van der Waals surface area contributed by atoms with Crippen molar-refractivity contribution < 1.29 is 80.2 Å². The lowest BCUT2D eigenvalue weighted by atomic mass is 10.0. The topological polar surface area (TPSA) is 237 Å². The summed E-state index contributed by atoms with van der Waals surface area (Å²) in [4.78, 5) is 68.1. The van der Waals surface area contributed by atoms with E-state index >= 15 is 0 Å². The quantitative estimate of drug-likeness (QED) is 0.0169. The van der Waals surface area contributed by atoms with E-state index in [0.29, 0.717) is 38.9 Å². The molecule has 0 aromatic carbocycles. The minimum absolute atomic E-state index is 0.0656. The molecular formula is C75H138O17P2. The molecule has 5 atom stereocenters. The fourth-order valence-corrected chi connectivity index (χ4v) is 12.1. The van der Waals surface area contributed by atoms with Crippen molar-refractivity contribution in [2.45, 2.75) is 353 Å². The average molecular weight is 1370 g/mol. The Balaban J connectivity index is 5.19. The maximum atomic E-state index is 13.1. The second kappa shape index (κ2) is 71.6. The van der Waals surface area contributed by atoms with Crippen LogP contribution in [0.2, 0.25) is 0 Å². The number of aliphatic hydroxyl groups excluding tert-OH is 1. The number of hydrogen-bond acceptors (Lipinski definition) is 15. The summed E-state index contributed by atoms with van der Waals surface area (Å²) in [6, 6.07) is 0. The Morgan fingerprint density at radius 3 is 0.915 bits per heavy atom. The molecule has 0 aliphatic rings. The number of esters is 2. The zero-order valence-electron chi connectivity index (χ0n) is 59.5. The molecular weight excluding hydrogens is 1230 g/mol. The highest BCUT2D eigenvalue weighted by Crippen LogP contribution is 2.45. The van der Waals surface area contributed by atoms with E-state index in [1.807, 2.05) is 0 Å². The zero-order chi connectivity index (χ0) is 68.6. The molecule has 0 aromatic rings. The third kappa shape index (κ3) is 70.7. The summed E-state index contributed by atoms with van der Waals surface area (Å²) >= 11 is 0. The van der Waals surface area contributed by atoms with Crippen LogP contribution < -0.4 is 0 Å². The maximum Gasteiger partial charge on any atom is 0.472 e. The van der Waals surface area contributed by atoms with Crippen LogP contribution in [0.3, 0.4) is 0 Å². The Kier molecular flexibility index (Phi) is 69.6. The second-order valence-corrected chi connectivity index (χ2v) is 28.4. The molecule has 94 heavy (non-hydrogen) atoms. The molecule has 550 valence electrons. The van der Waals surface area contributed by atoms with Gasteiger partial charge in [0.25, 0.3) is 0 Å². The number of carbonyl (C=O) groups is 4. The Morgan fingerprint density at radius 2 is 0.585 bits per heavy atom. The minimum atomic E-state index is -4.86. The average Bonchev–Trinajstić information content (AvgIpc) is 1.53. The number of carbonyl (C=O) groups excluding carboxylic acids is 4. The van der Waals surface area contributed by atoms with Crippen LogP contribution in [0.4, 0.5) is 0 Å². The SMILES string of the molecule is CCCCC/C=C\C/C=C\CCCCCCCC(=O)O[C@H](COCCCCCCC/C=C\CCCCCCC=O)COP(=O)(O)OC[C@@H](O)COP(=O)(O)OC[C@@H](COCCCCCCC/C=C\CCCCCCC=O)OC(=O)CCCCCCCCCCCCCCC. The lowest BCUT2D eigenvalue weighted by Crippen LogP contribution is -2.29. The highest BCUT2D eigenvalue weighted by atomic mass is 31.2. The minimum Gasteiger partial charge on any atom is -0.457 e. The van der Waals surface area contributed by atoms with Gasteiger partial charge in [-0.1, -0.05) is 236 Å². The molecule has 0 saturated carbocycles. The van der Waals surface area contributed by atoms with E-state index in [-0.39, 0.29) is 26.1 Å². The van der Waals surface area contributed by atoms with Crippen molar-refractivity contribution >= 4 is 40.2 Å². The van der Waals surface area contributed by atoms with Crippen molar-refractivity contribution in [2.24, 2.45) is 0 Å². The molecule has 0 spiro atoms. The summed E-state index contributed by atoms with van der Waals surface area (Å²) in [5.74, 6) is -0.942. The molecule has 0 aliphatic heterocycles. The van der Waals surface area contributed by atoms with Crippen molar-refractivity contribution in [1.29, 1.82) is 0 Å². The van der Waals surface area contributed by atoms with E-state index in [4.69, 9.17) is 37.0 Å². The molecule has 0 heterocycles. The zero-order valence-corrected chi connectivity index (χ0v) is 61.3. The third-order valence-corrected chi connectivity index (χ3v) is 18.2. The number of phosphoric acid groups is 2. The van der Waals surface area contributed by atoms with Gasteiger partial charge in [-0.15, -0.1) is 0 Å². The second-order valence-electron chi connectivity index (χ2n) is 25.5. The largest absolute Gasteiger partial charge is 0.472 e. The summed E-state index contributed by atoms with van der Waals surface area (Å²) < 4.78 is 69.7. The molecule has 19 heteroatoms. The number of hydrogen-bond donors (Lipinski definition) is 3. The summed E-state index contributed by atoms with van der Waals surface area (Å²) in [6.07, 6.45) is 67.7. The van der Waals surface area contributed by atoms with Crippen LogP contribution in [0.5, 0.6) is 0 Å². The summed E-state index contributed by atoms with van der Waals surface area (Å²) in [7, 11) is -9.71. The van der Waals surface area contributed by atoms with Gasteiger partial charge < -0.3 is 43.4 Å². The number of aldehydes is 2. The first kappa shape index (κ1) is 91.3. The molecule has 0 rings (SSSR count). The highest BCUT2D eigenvalue weighted by molar-refractivity contribution is 7.47. The summed E-state index contributed by atoms with van der Waals surface area (Å²) in [5, 5.41) is 10.6. The first-order valence-electron chi connectivity index (χ1n) is 37.8. The van der Waals surface area contributed by atoms with Crippen molar-refractivity contribution in [3.63, 3.8) is 0 Å². The first-order valence-corrected chi connectivity index (χ1v) is 40.8. The van der Waals surface area contributed by atoms with Crippen LogP contribution in [0.25, 0.3) is 0 Å². The predicted molar refractivity (Wildman–Crippen MR) is 382 cm³/mol. The standard InChI is InChI=1S/C75H138O17P2/c1-3-5-7-9-11-13-15-17-18-24-30-36-42-48-54-60-75(80)92-73(68-86-64-58-52-46-40-34-28-22-20-26-32-38-44-50-56-62-77)70-90-94(83,84)88-66-71(78)65-87-93(81,82)89-69-72(91-74(79)59-53-47-41-35-29-23-16-14-12-10-8-6-4-2)67-85-63-57-51-45-39-33-27-21-19-25-31-37-43-49-55-61-76/h11,13,17-22,61-62,71-73,78H,3-10,12,14-16,23-60,63-70H2,1-2H3,(H,81,82)(H,83,84)/b13-11-,18-17-,21-19-,22-20-/t71-,72+,73+/m0/s1. The van der Waals surface area contributed by atoms with Gasteiger partial charge >= 0.3 is 27.6 Å². The Labute approximate surface area is 572 Å². The van der Waals surface area contributed by atoms with Crippen molar-refractivity contribution in [2.75, 3.05) is 52.9 Å². The first-order chi connectivity index (χ1) is 45.9. The molecule has 0 fully saturated rings. The molecule has 0 saturated heterocycles. The van der Waals surface area contributed by atoms with Crippen LogP contribution >= 0.6 is 15.6 Å². The van der Waals surface area contributed by atoms with Gasteiger partial charge in [0.2, 0.25) is 0 Å². The fraction of sp³-hybridized carbons (Fsp3) is 0.840. The number of allylic oxidation sites excluding steroid dienone is 8. The molecule has 0 amide bonds. The lowest BCUT2D eigenvalue weighted by Gasteiger charge is -2.21. The van der Waals surface area contributed by atoms with Gasteiger partial charge in [-0.05, 0) is 122 Å². The summed E-state index contributed by atoms with van der Waals surface area (Å²) in [6.45, 7) is 2.43. The van der Waals surface area contributed by atoms with Gasteiger partial charge in [-0.25, -0.2) is 9.13 Å². The van der Waals surface area contributed by atoms with Gasteiger partial charge in [0.15, 0.2) is 0 Å². The van der Waals surface area contributed by atoms with Crippen molar-refractivity contribution in [3.05, 3.63) is 48.6 Å². The van der Waals surface area contributed by atoms with Gasteiger partial charge in [-0.2, -0.15) is 0 Å². The number of unbranched alkanes of at least 4 members (excludes halogenated alkanes) is 40. The van der Waals surface area contributed by atoms with Crippen LogP contribution in [0.15, 0.2) is 48.6 Å². The van der Waals surface area contributed by atoms with E-state index in [2.05, 4.69) is 62.5 Å². The predicted octanol–water partition coefficient (Wildman–Crippen LogP) is 20.6. The summed E-state index contributed by atoms with van der Waals surface area (Å²) in [5.41, 5.74) is 0. The molecule has 0 aromatic heterocycles. The Hall–Kier alpha value is -2.66. The molecule has 0 aliphatic carbocycles. The monoisotopic (exact) mass is 1370 g/mol. The van der Waals surface area contributed by atoms with Crippen LogP contribution in [-0.4, -0.2) is 111 Å². The maximum absolute atomic E-state index is 13.1. The van der Waals surface area contributed by atoms with Gasteiger partial charge in [0, 0.05) is 38.9 Å². The van der Waals surface area contributed by atoms with Crippen molar-refractivity contribution in [3.8, 4) is 0 Å². The lowest BCUT2D eigenvalue weighted by molar-refractivity contribution is -0.155. The Morgan fingerprint density at radius 1 is 0.330 bits per heavy atom. The number of ether oxygens (including phenoxy) is 4. The van der Waals surface area contributed by atoms with Gasteiger partial charge in [0.1, 0.15) is 30.9 Å². The van der Waals surface area contributed by atoms with Crippen LogP contribution in [0.1, 0.15) is 335 Å².